The van der Waals surface area contributed by atoms with Gasteiger partial charge < -0.3 is 10.1 Å². The van der Waals surface area contributed by atoms with Gasteiger partial charge in [0.25, 0.3) is 0 Å². The van der Waals surface area contributed by atoms with Crippen LogP contribution in [-0.4, -0.2) is 24.7 Å². The Bertz CT molecular complexity index is 663. The zero-order valence-electron chi connectivity index (χ0n) is 18.6. The molecule has 0 unspecified atom stereocenters. The van der Waals surface area contributed by atoms with E-state index in [1.54, 1.807) is 0 Å². The zero-order valence-corrected chi connectivity index (χ0v) is 18.6. The Morgan fingerprint density at radius 1 is 0.793 bits per heavy atom. The zero-order chi connectivity index (χ0) is 21.2. The van der Waals surface area contributed by atoms with Crippen molar-refractivity contribution in [3.8, 4) is 0 Å². The molecule has 0 aliphatic heterocycles. The number of rotatable bonds is 11. The Hall–Kier alpha value is -2.13. The second-order valence-corrected chi connectivity index (χ2v) is 8.91. The average molecular weight is 396 g/mol. The van der Waals surface area contributed by atoms with E-state index in [-0.39, 0.29) is 12.0 Å². The summed E-state index contributed by atoms with van der Waals surface area (Å²) in [5.74, 6) is 0.690. The molecule has 0 saturated carbocycles. The lowest BCUT2D eigenvalue weighted by Gasteiger charge is -2.26. The van der Waals surface area contributed by atoms with Crippen LogP contribution in [0.1, 0.15) is 64.5 Å². The SMILES string of the molecule is CC(C)CC(CC(C)C)N[C@H](C)COC(=O)C(c1ccccc1)c1ccccc1. The molecule has 29 heavy (non-hydrogen) atoms. The van der Waals surface area contributed by atoms with E-state index in [0.29, 0.717) is 24.5 Å². The molecule has 2 aromatic rings. The lowest BCUT2D eigenvalue weighted by atomic mass is 9.91. The van der Waals surface area contributed by atoms with Gasteiger partial charge in [-0.1, -0.05) is 88.4 Å². The Morgan fingerprint density at radius 2 is 1.24 bits per heavy atom. The number of nitrogens with one attached hydrogen (secondary N) is 1. The maximum atomic E-state index is 13.0. The van der Waals surface area contributed by atoms with Crippen LogP contribution in [0, 0.1) is 11.8 Å². The minimum atomic E-state index is -0.397. The molecule has 0 amide bonds. The molecule has 1 N–H and O–H groups in total. The maximum absolute atomic E-state index is 13.0. The maximum Gasteiger partial charge on any atom is 0.317 e. The van der Waals surface area contributed by atoms with Crippen LogP contribution in [0.2, 0.25) is 0 Å². The molecule has 0 aliphatic rings. The van der Waals surface area contributed by atoms with Crippen LogP contribution in [0.15, 0.2) is 60.7 Å². The highest BCUT2D eigenvalue weighted by atomic mass is 16.5. The second-order valence-electron chi connectivity index (χ2n) is 8.91. The predicted molar refractivity (Wildman–Crippen MR) is 121 cm³/mol. The van der Waals surface area contributed by atoms with E-state index in [9.17, 15) is 4.79 Å². The van der Waals surface area contributed by atoms with E-state index in [2.05, 4.69) is 39.9 Å². The van der Waals surface area contributed by atoms with E-state index >= 15 is 0 Å². The van der Waals surface area contributed by atoms with Crippen molar-refractivity contribution in [3.63, 3.8) is 0 Å². The fourth-order valence-corrected chi connectivity index (χ4v) is 3.87. The fourth-order valence-electron chi connectivity index (χ4n) is 3.87. The summed E-state index contributed by atoms with van der Waals surface area (Å²) < 4.78 is 5.78. The number of carbonyl (C=O) groups is 1. The monoisotopic (exact) mass is 395 g/mol. The summed E-state index contributed by atoms with van der Waals surface area (Å²) in [6.07, 6.45) is 2.26. The van der Waals surface area contributed by atoms with Crippen molar-refractivity contribution in [1.82, 2.24) is 5.32 Å². The molecule has 0 fully saturated rings. The number of carbonyl (C=O) groups excluding carboxylic acids is 1. The molecule has 3 nitrogen and oxygen atoms in total. The predicted octanol–water partition coefficient (Wildman–Crippen LogP) is 5.80. The van der Waals surface area contributed by atoms with Crippen LogP contribution in [0.4, 0.5) is 0 Å². The van der Waals surface area contributed by atoms with Crippen molar-refractivity contribution in [3.05, 3.63) is 71.8 Å². The van der Waals surface area contributed by atoms with Gasteiger partial charge in [0.15, 0.2) is 0 Å². The number of hydrogen-bond acceptors (Lipinski definition) is 3. The van der Waals surface area contributed by atoms with Gasteiger partial charge in [0.2, 0.25) is 0 Å². The first-order valence-electron chi connectivity index (χ1n) is 10.9. The summed E-state index contributed by atoms with van der Waals surface area (Å²) >= 11 is 0. The third-order valence-electron chi connectivity index (χ3n) is 5.01. The fraction of sp³-hybridized carbons (Fsp3) is 0.500. The highest BCUT2D eigenvalue weighted by Gasteiger charge is 2.25. The smallest absolute Gasteiger partial charge is 0.317 e. The highest BCUT2D eigenvalue weighted by Crippen LogP contribution is 2.26. The minimum Gasteiger partial charge on any atom is -0.463 e. The van der Waals surface area contributed by atoms with Crippen molar-refractivity contribution < 1.29 is 9.53 Å². The topological polar surface area (TPSA) is 38.3 Å². The van der Waals surface area contributed by atoms with Gasteiger partial charge in [-0.05, 0) is 42.7 Å². The molecule has 0 bridgehead atoms. The Morgan fingerprint density at radius 3 is 1.66 bits per heavy atom. The summed E-state index contributed by atoms with van der Waals surface area (Å²) in [4.78, 5) is 13.0. The van der Waals surface area contributed by atoms with Gasteiger partial charge in [0, 0.05) is 12.1 Å². The van der Waals surface area contributed by atoms with E-state index in [0.717, 1.165) is 24.0 Å². The number of hydrogen-bond donors (Lipinski definition) is 1. The molecule has 0 spiro atoms. The van der Waals surface area contributed by atoms with Crippen molar-refractivity contribution >= 4 is 5.97 Å². The van der Waals surface area contributed by atoms with Gasteiger partial charge >= 0.3 is 5.97 Å². The highest BCUT2D eigenvalue weighted by molar-refractivity contribution is 5.82. The Labute approximate surface area is 176 Å². The van der Waals surface area contributed by atoms with E-state index in [4.69, 9.17) is 4.74 Å². The first-order chi connectivity index (χ1) is 13.9. The number of benzene rings is 2. The third kappa shape index (κ3) is 8.02. The average Bonchev–Trinajstić information content (AvgIpc) is 2.67. The third-order valence-corrected chi connectivity index (χ3v) is 5.01. The van der Waals surface area contributed by atoms with Crippen LogP contribution in [0.5, 0.6) is 0 Å². The molecule has 158 valence electrons. The van der Waals surface area contributed by atoms with E-state index < -0.39 is 5.92 Å². The van der Waals surface area contributed by atoms with Gasteiger partial charge in [-0.3, -0.25) is 4.79 Å². The van der Waals surface area contributed by atoms with Gasteiger partial charge in [0.05, 0.1) is 0 Å². The van der Waals surface area contributed by atoms with E-state index in [1.807, 2.05) is 60.7 Å². The molecular formula is C26H37NO2. The second kappa shape index (κ2) is 11.8. The quantitative estimate of drug-likeness (QED) is 0.489. The largest absolute Gasteiger partial charge is 0.463 e. The van der Waals surface area contributed by atoms with Gasteiger partial charge in [-0.15, -0.1) is 0 Å². The molecular weight excluding hydrogens is 358 g/mol. The summed E-state index contributed by atoms with van der Waals surface area (Å²) in [5.41, 5.74) is 1.92. The Balaban J connectivity index is 2.02. The van der Waals surface area contributed by atoms with E-state index in [1.165, 1.54) is 0 Å². The molecule has 1 atom stereocenters. The van der Waals surface area contributed by atoms with Crippen LogP contribution in [-0.2, 0) is 9.53 Å². The van der Waals surface area contributed by atoms with Crippen LogP contribution < -0.4 is 5.32 Å². The van der Waals surface area contributed by atoms with Gasteiger partial charge in [-0.2, -0.15) is 0 Å². The summed E-state index contributed by atoms with van der Waals surface area (Å²) in [5, 5.41) is 3.68. The molecule has 3 heteroatoms. The molecule has 0 aromatic heterocycles. The first kappa shape index (κ1) is 23.2. The molecule has 0 heterocycles. The van der Waals surface area contributed by atoms with Gasteiger partial charge in [0.1, 0.15) is 12.5 Å². The summed E-state index contributed by atoms with van der Waals surface area (Å²) in [6.45, 7) is 11.5. The standard InChI is InChI=1S/C26H37NO2/c1-19(2)16-24(17-20(3)4)27-21(5)18-29-26(28)25(22-12-8-6-9-13-22)23-14-10-7-11-15-23/h6-15,19-21,24-25,27H,16-18H2,1-5H3/t21-/m1/s1. The summed E-state index contributed by atoms with van der Waals surface area (Å²) in [7, 11) is 0. The van der Waals surface area contributed by atoms with Gasteiger partial charge in [-0.25, -0.2) is 0 Å². The first-order valence-corrected chi connectivity index (χ1v) is 10.9. The van der Waals surface area contributed by atoms with Crippen LogP contribution in [0.25, 0.3) is 0 Å². The van der Waals surface area contributed by atoms with Crippen molar-refractivity contribution in [2.24, 2.45) is 11.8 Å². The van der Waals surface area contributed by atoms with Crippen molar-refractivity contribution in [2.45, 2.75) is 65.5 Å². The molecule has 2 rings (SSSR count). The Kier molecular flexibility index (Phi) is 9.40. The molecule has 0 radical (unpaired) electrons. The molecule has 0 saturated heterocycles. The lowest BCUT2D eigenvalue weighted by molar-refractivity contribution is -0.145. The van der Waals surface area contributed by atoms with Crippen molar-refractivity contribution in [2.75, 3.05) is 6.61 Å². The normalized spacial score (nSPS) is 12.7. The number of ether oxygens (including phenoxy) is 1. The minimum absolute atomic E-state index is 0.119. The molecule has 2 aromatic carbocycles. The van der Waals surface area contributed by atoms with Crippen LogP contribution >= 0.6 is 0 Å². The van der Waals surface area contributed by atoms with Crippen molar-refractivity contribution in [1.29, 1.82) is 0 Å². The number of esters is 1. The molecule has 0 aliphatic carbocycles. The van der Waals surface area contributed by atoms with Crippen LogP contribution in [0.3, 0.4) is 0 Å². The lowest BCUT2D eigenvalue weighted by Crippen LogP contribution is -2.41. The summed E-state index contributed by atoms with van der Waals surface area (Å²) in [6, 6.07) is 20.3.